The van der Waals surface area contributed by atoms with Crippen LogP contribution in [0.5, 0.6) is 0 Å². The van der Waals surface area contributed by atoms with Gasteiger partial charge in [-0.05, 0) is 35.0 Å². The number of alkyl halides is 3. The van der Waals surface area contributed by atoms with Gasteiger partial charge in [-0.25, -0.2) is 0 Å². The number of nitrogens with one attached hydrogen (secondary N) is 1. The van der Waals surface area contributed by atoms with Crippen LogP contribution in [-0.2, 0) is 0 Å². The summed E-state index contributed by atoms with van der Waals surface area (Å²) in [4.78, 5) is 0. The molecule has 2 aromatic carbocycles. The second-order valence-electron chi connectivity index (χ2n) is 3.67. The largest absolute Gasteiger partial charge is 0.405 e. The van der Waals surface area contributed by atoms with Gasteiger partial charge in [0.15, 0.2) is 0 Å². The van der Waals surface area contributed by atoms with Gasteiger partial charge in [-0.3, -0.25) is 0 Å². The molecule has 2 rings (SSSR count). The van der Waals surface area contributed by atoms with Gasteiger partial charge in [-0.1, -0.05) is 28.1 Å². The predicted octanol–water partition coefficient (Wildman–Crippen LogP) is 4.58. The Kier molecular flexibility index (Phi) is 3.28. The molecule has 0 amide bonds. The van der Waals surface area contributed by atoms with Crippen molar-refractivity contribution in [1.82, 2.24) is 0 Å². The lowest BCUT2D eigenvalue weighted by molar-refractivity contribution is -0.115. The fraction of sp³-hybridized carbons (Fsp3) is 0.167. The molecule has 2 aromatic rings. The number of anilines is 1. The number of hydrogen-bond acceptors (Lipinski definition) is 1. The first-order valence-corrected chi connectivity index (χ1v) is 5.73. The van der Waals surface area contributed by atoms with Crippen molar-refractivity contribution >= 4 is 32.4 Å². The molecule has 0 spiro atoms. The second-order valence-corrected chi connectivity index (χ2v) is 4.59. The number of benzene rings is 2. The Morgan fingerprint density at radius 3 is 2.35 bits per heavy atom. The molecule has 0 aliphatic heterocycles. The highest BCUT2D eigenvalue weighted by atomic mass is 79.9. The van der Waals surface area contributed by atoms with Gasteiger partial charge in [0.1, 0.15) is 6.54 Å². The van der Waals surface area contributed by atoms with Crippen molar-refractivity contribution in [3.8, 4) is 0 Å². The molecule has 0 aromatic heterocycles. The predicted molar refractivity (Wildman–Crippen MR) is 66.2 cm³/mol. The summed E-state index contributed by atoms with van der Waals surface area (Å²) in [6.45, 7) is -1.02. The van der Waals surface area contributed by atoms with E-state index in [0.29, 0.717) is 5.69 Å². The Morgan fingerprint density at radius 2 is 1.65 bits per heavy atom. The van der Waals surface area contributed by atoms with Crippen molar-refractivity contribution in [3.05, 3.63) is 40.9 Å². The Morgan fingerprint density at radius 1 is 1.00 bits per heavy atom. The van der Waals surface area contributed by atoms with E-state index in [0.717, 1.165) is 15.2 Å². The normalized spacial score (nSPS) is 11.8. The molecule has 17 heavy (non-hydrogen) atoms. The summed E-state index contributed by atoms with van der Waals surface area (Å²) in [6, 6.07) is 10.8. The first-order chi connectivity index (χ1) is 7.94. The third-order valence-corrected chi connectivity index (χ3v) is 2.79. The molecule has 0 aliphatic rings. The monoisotopic (exact) mass is 303 g/mol. The lowest BCUT2D eigenvalue weighted by Crippen LogP contribution is -2.21. The van der Waals surface area contributed by atoms with E-state index in [4.69, 9.17) is 0 Å². The summed E-state index contributed by atoms with van der Waals surface area (Å²) in [6.07, 6.45) is -4.20. The van der Waals surface area contributed by atoms with E-state index < -0.39 is 12.7 Å². The average Bonchev–Trinajstić information content (AvgIpc) is 2.25. The van der Waals surface area contributed by atoms with Crippen molar-refractivity contribution in [2.24, 2.45) is 0 Å². The minimum Gasteiger partial charge on any atom is -0.376 e. The van der Waals surface area contributed by atoms with Gasteiger partial charge >= 0.3 is 6.18 Å². The van der Waals surface area contributed by atoms with Crippen LogP contribution in [0.4, 0.5) is 18.9 Å². The van der Waals surface area contributed by atoms with E-state index >= 15 is 0 Å². The molecule has 1 N–H and O–H groups in total. The summed E-state index contributed by atoms with van der Waals surface area (Å²) >= 11 is 3.34. The van der Waals surface area contributed by atoms with Gasteiger partial charge in [0, 0.05) is 10.2 Å². The number of fused-ring (bicyclic) bond motifs is 1. The molecule has 0 heterocycles. The minimum atomic E-state index is -4.20. The zero-order valence-corrected chi connectivity index (χ0v) is 10.3. The average molecular weight is 304 g/mol. The molecule has 5 heteroatoms. The van der Waals surface area contributed by atoms with E-state index in [-0.39, 0.29) is 0 Å². The topological polar surface area (TPSA) is 12.0 Å². The van der Waals surface area contributed by atoms with Gasteiger partial charge in [-0.15, -0.1) is 0 Å². The van der Waals surface area contributed by atoms with E-state index in [9.17, 15) is 13.2 Å². The third-order valence-electron chi connectivity index (χ3n) is 2.30. The molecule has 0 saturated carbocycles. The minimum absolute atomic E-state index is 0.470. The second kappa shape index (κ2) is 4.56. The molecular formula is C12H9BrF3N. The Hall–Kier alpha value is -1.23. The summed E-state index contributed by atoms with van der Waals surface area (Å²) in [5.74, 6) is 0. The fourth-order valence-corrected chi connectivity index (χ4v) is 1.91. The van der Waals surface area contributed by atoms with Crippen molar-refractivity contribution in [2.45, 2.75) is 6.18 Å². The molecule has 1 nitrogen and oxygen atoms in total. The molecular weight excluding hydrogens is 295 g/mol. The van der Waals surface area contributed by atoms with Crippen LogP contribution in [0.1, 0.15) is 0 Å². The van der Waals surface area contributed by atoms with E-state index in [1.165, 1.54) is 0 Å². The van der Waals surface area contributed by atoms with Crippen molar-refractivity contribution in [3.63, 3.8) is 0 Å². The van der Waals surface area contributed by atoms with Crippen LogP contribution < -0.4 is 5.32 Å². The SMILES string of the molecule is FC(F)(F)CNc1ccc2cc(Br)ccc2c1. The number of rotatable bonds is 2. The van der Waals surface area contributed by atoms with Gasteiger partial charge < -0.3 is 5.32 Å². The Bertz CT molecular complexity index is 537. The highest BCUT2D eigenvalue weighted by Crippen LogP contribution is 2.24. The van der Waals surface area contributed by atoms with Gasteiger partial charge in [0.2, 0.25) is 0 Å². The molecule has 0 saturated heterocycles. The van der Waals surface area contributed by atoms with Gasteiger partial charge in [0.25, 0.3) is 0 Å². The van der Waals surface area contributed by atoms with Crippen molar-refractivity contribution < 1.29 is 13.2 Å². The first-order valence-electron chi connectivity index (χ1n) is 4.94. The number of halogens is 4. The maximum Gasteiger partial charge on any atom is 0.405 e. The highest BCUT2D eigenvalue weighted by molar-refractivity contribution is 9.10. The summed E-state index contributed by atoms with van der Waals surface area (Å²) in [7, 11) is 0. The van der Waals surface area contributed by atoms with Crippen molar-refractivity contribution in [2.75, 3.05) is 11.9 Å². The van der Waals surface area contributed by atoms with Crippen LogP contribution in [-0.4, -0.2) is 12.7 Å². The fourth-order valence-electron chi connectivity index (χ4n) is 1.53. The summed E-state index contributed by atoms with van der Waals surface area (Å²) in [5, 5.41) is 4.24. The molecule has 0 unspecified atom stereocenters. The summed E-state index contributed by atoms with van der Waals surface area (Å²) < 4.78 is 37.1. The van der Waals surface area contributed by atoms with Crippen LogP contribution in [0, 0.1) is 0 Å². The van der Waals surface area contributed by atoms with E-state index in [2.05, 4.69) is 21.2 Å². The highest BCUT2D eigenvalue weighted by Gasteiger charge is 2.26. The van der Waals surface area contributed by atoms with E-state index in [1.54, 1.807) is 18.2 Å². The zero-order valence-electron chi connectivity index (χ0n) is 8.68. The van der Waals surface area contributed by atoms with Crippen LogP contribution >= 0.6 is 15.9 Å². The van der Waals surface area contributed by atoms with Crippen LogP contribution in [0.25, 0.3) is 10.8 Å². The maximum absolute atomic E-state index is 12.0. The molecule has 0 atom stereocenters. The van der Waals surface area contributed by atoms with Crippen LogP contribution in [0.3, 0.4) is 0 Å². The number of hydrogen-bond donors (Lipinski definition) is 1. The van der Waals surface area contributed by atoms with E-state index in [1.807, 2.05) is 18.2 Å². The Labute approximate surface area is 105 Å². The molecule has 0 fully saturated rings. The summed E-state index contributed by atoms with van der Waals surface area (Å²) in [5.41, 5.74) is 0.470. The Balaban J connectivity index is 2.23. The standard InChI is InChI=1S/C12H9BrF3N/c13-10-3-1-9-6-11(4-2-8(9)5-10)17-7-12(14,15)16/h1-6,17H,7H2. The van der Waals surface area contributed by atoms with Gasteiger partial charge in [0.05, 0.1) is 0 Å². The van der Waals surface area contributed by atoms with Crippen LogP contribution in [0.2, 0.25) is 0 Å². The molecule has 0 bridgehead atoms. The molecule has 0 radical (unpaired) electrons. The zero-order chi connectivity index (χ0) is 12.5. The lowest BCUT2D eigenvalue weighted by Gasteiger charge is -2.10. The third kappa shape index (κ3) is 3.36. The first kappa shape index (κ1) is 12.2. The van der Waals surface area contributed by atoms with Crippen molar-refractivity contribution in [1.29, 1.82) is 0 Å². The molecule has 90 valence electrons. The van der Waals surface area contributed by atoms with Crippen LogP contribution in [0.15, 0.2) is 40.9 Å². The van der Waals surface area contributed by atoms with Gasteiger partial charge in [-0.2, -0.15) is 13.2 Å². The quantitative estimate of drug-likeness (QED) is 0.856. The maximum atomic E-state index is 12.0. The lowest BCUT2D eigenvalue weighted by atomic mass is 10.1. The molecule has 0 aliphatic carbocycles. The smallest absolute Gasteiger partial charge is 0.376 e.